The zero-order valence-corrected chi connectivity index (χ0v) is 11.8. The molecule has 5 nitrogen and oxygen atoms in total. The predicted octanol–water partition coefficient (Wildman–Crippen LogP) is 3.00. The van der Waals surface area contributed by atoms with Crippen molar-refractivity contribution in [1.82, 2.24) is 0 Å². The molecule has 1 aliphatic carbocycles. The molecule has 0 unspecified atom stereocenters. The summed E-state index contributed by atoms with van der Waals surface area (Å²) in [7, 11) is 0. The first-order valence-corrected chi connectivity index (χ1v) is 7.08. The topological polar surface area (TPSA) is 80.4 Å². The smallest absolute Gasteiger partial charge is 0.269 e. The molecule has 2 aromatic rings. The zero-order chi connectivity index (χ0) is 15.7. The summed E-state index contributed by atoms with van der Waals surface area (Å²) < 4.78 is 0. The van der Waals surface area contributed by atoms with Crippen molar-refractivity contribution in [2.75, 3.05) is 0 Å². The summed E-state index contributed by atoms with van der Waals surface area (Å²) in [5.41, 5.74) is 1.54. The number of rotatable bonds is 4. The Hall–Kier alpha value is -2.53. The molecule has 1 N–H and O–H groups in total. The van der Waals surface area contributed by atoms with E-state index in [0.29, 0.717) is 12.0 Å². The molecule has 1 fully saturated rings. The van der Waals surface area contributed by atoms with Crippen LogP contribution in [-0.4, -0.2) is 15.8 Å². The Labute approximate surface area is 127 Å². The van der Waals surface area contributed by atoms with Crippen LogP contribution in [0.2, 0.25) is 0 Å². The molecule has 0 amide bonds. The predicted molar refractivity (Wildman–Crippen MR) is 80.4 cm³/mol. The molecule has 1 aliphatic rings. The van der Waals surface area contributed by atoms with Gasteiger partial charge >= 0.3 is 0 Å². The van der Waals surface area contributed by atoms with Gasteiger partial charge in [-0.2, -0.15) is 0 Å². The average molecular weight is 297 g/mol. The number of nitrogens with zero attached hydrogens (tertiary/aromatic N) is 1. The van der Waals surface area contributed by atoms with Gasteiger partial charge in [0.1, 0.15) is 5.78 Å². The lowest BCUT2D eigenvalue weighted by molar-refractivity contribution is -0.384. The zero-order valence-electron chi connectivity index (χ0n) is 11.8. The number of aliphatic hydroxyl groups excluding tert-OH is 1. The van der Waals surface area contributed by atoms with Gasteiger partial charge in [-0.1, -0.05) is 30.3 Å². The minimum atomic E-state index is -0.938. The summed E-state index contributed by atoms with van der Waals surface area (Å²) in [6, 6.07) is 15.3. The van der Waals surface area contributed by atoms with Gasteiger partial charge in [0.15, 0.2) is 0 Å². The number of aliphatic hydroxyl groups is 1. The van der Waals surface area contributed by atoms with Crippen molar-refractivity contribution in [1.29, 1.82) is 0 Å². The fourth-order valence-electron chi connectivity index (χ4n) is 2.97. The third kappa shape index (κ3) is 2.51. The molecule has 3 rings (SSSR count). The minimum Gasteiger partial charge on any atom is -0.388 e. The molecular weight excluding hydrogens is 282 g/mol. The third-order valence-electron chi connectivity index (χ3n) is 4.24. The fourth-order valence-corrected chi connectivity index (χ4v) is 2.97. The first-order chi connectivity index (χ1) is 10.6. The molecule has 0 heterocycles. The number of carbonyl (C=O) groups excluding carboxylic acids is 1. The monoisotopic (exact) mass is 297 g/mol. The number of carbonyl (C=O) groups is 1. The summed E-state index contributed by atoms with van der Waals surface area (Å²) in [6.45, 7) is 0. The van der Waals surface area contributed by atoms with Crippen molar-refractivity contribution in [3.8, 4) is 0 Å². The van der Waals surface area contributed by atoms with Crippen LogP contribution in [0.15, 0.2) is 54.6 Å². The molecule has 0 saturated heterocycles. The lowest BCUT2D eigenvalue weighted by Gasteiger charge is -2.38. The Morgan fingerprint density at radius 2 is 1.73 bits per heavy atom. The fraction of sp³-hybridized carbons (Fsp3) is 0.235. The number of hydrogen-bond donors (Lipinski definition) is 1. The van der Waals surface area contributed by atoms with Crippen LogP contribution < -0.4 is 0 Å². The van der Waals surface area contributed by atoms with Crippen LogP contribution >= 0.6 is 0 Å². The van der Waals surface area contributed by atoms with E-state index in [2.05, 4.69) is 0 Å². The molecule has 0 radical (unpaired) electrons. The van der Waals surface area contributed by atoms with E-state index in [4.69, 9.17) is 0 Å². The highest BCUT2D eigenvalue weighted by Crippen LogP contribution is 2.46. The molecule has 0 aliphatic heterocycles. The van der Waals surface area contributed by atoms with Crippen molar-refractivity contribution in [3.63, 3.8) is 0 Å². The van der Waals surface area contributed by atoms with Crippen LogP contribution in [0.5, 0.6) is 0 Å². The number of Topliss-reactive ketones (excluding diaryl/α,β-unsaturated/α-hetero) is 1. The number of nitro groups is 1. The molecule has 0 aromatic heterocycles. The third-order valence-corrected chi connectivity index (χ3v) is 4.24. The van der Waals surface area contributed by atoms with E-state index >= 15 is 0 Å². The molecule has 3 atom stereocenters. The Bertz CT molecular complexity index is 696. The average Bonchev–Trinajstić information content (AvgIpc) is 2.53. The Morgan fingerprint density at radius 1 is 1.09 bits per heavy atom. The lowest BCUT2D eigenvalue weighted by atomic mass is 9.65. The summed E-state index contributed by atoms with van der Waals surface area (Å²) in [5.74, 6) is -0.456. The Kier molecular flexibility index (Phi) is 3.73. The first kappa shape index (κ1) is 14.4. The molecule has 22 heavy (non-hydrogen) atoms. The molecule has 112 valence electrons. The molecule has 2 aromatic carbocycles. The van der Waals surface area contributed by atoms with Crippen LogP contribution in [0.3, 0.4) is 0 Å². The van der Waals surface area contributed by atoms with Gasteiger partial charge in [-0.25, -0.2) is 0 Å². The highest BCUT2D eigenvalue weighted by Gasteiger charge is 2.45. The van der Waals surface area contributed by atoms with E-state index < -0.39 is 16.9 Å². The van der Waals surface area contributed by atoms with Crippen LogP contribution in [0, 0.1) is 16.0 Å². The highest BCUT2D eigenvalue weighted by molar-refractivity contribution is 5.90. The van der Waals surface area contributed by atoms with Crippen molar-refractivity contribution in [3.05, 3.63) is 75.8 Å². The second kappa shape index (κ2) is 5.69. The summed E-state index contributed by atoms with van der Waals surface area (Å²) in [4.78, 5) is 22.1. The van der Waals surface area contributed by atoms with Gasteiger partial charge in [0.05, 0.1) is 16.9 Å². The maximum atomic E-state index is 11.9. The van der Waals surface area contributed by atoms with Gasteiger partial charge < -0.3 is 5.11 Å². The number of non-ortho nitro benzene ring substituents is 1. The van der Waals surface area contributed by atoms with E-state index in [1.807, 2.05) is 30.3 Å². The van der Waals surface area contributed by atoms with Gasteiger partial charge in [0.25, 0.3) is 5.69 Å². The van der Waals surface area contributed by atoms with E-state index in [1.54, 1.807) is 0 Å². The second-order valence-corrected chi connectivity index (χ2v) is 5.51. The first-order valence-electron chi connectivity index (χ1n) is 7.08. The van der Waals surface area contributed by atoms with Gasteiger partial charge in [-0.3, -0.25) is 14.9 Å². The number of hydrogen-bond acceptors (Lipinski definition) is 4. The number of ketones is 1. The molecule has 1 saturated carbocycles. The quantitative estimate of drug-likeness (QED) is 0.695. The second-order valence-electron chi connectivity index (χ2n) is 5.51. The maximum absolute atomic E-state index is 11.9. The van der Waals surface area contributed by atoms with E-state index in [1.165, 1.54) is 24.3 Å². The normalized spacial score (nSPS) is 22.0. The van der Waals surface area contributed by atoms with Gasteiger partial charge in [-0.05, 0) is 23.3 Å². The van der Waals surface area contributed by atoms with Gasteiger partial charge in [0.2, 0.25) is 0 Å². The van der Waals surface area contributed by atoms with E-state index in [-0.39, 0.29) is 17.4 Å². The number of benzene rings is 2. The van der Waals surface area contributed by atoms with Gasteiger partial charge in [-0.15, -0.1) is 0 Å². The molecular formula is C17H15NO4. The van der Waals surface area contributed by atoms with Crippen molar-refractivity contribution in [2.45, 2.75) is 18.4 Å². The Morgan fingerprint density at radius 3 is 2.27 bits per heavy atom. The maximum Gasteiger partial charge on any atom is 0.269 e. The van der Waals surface area contributed by atoms with Crippen LogP contribution in [0.25, 0.3) is 0 Å². The highest BCUT2D eigenvalue weighted by atomic mass is 16.6. The van der Waals surface area contributed by atoms with Crippen LogP contribution in [-0.2, 0) is 4.79 Å². The standard InChI is InChI=1S/C17H15NO4/c19-15-10-14(11-4-2-1-3-5-11)16(15)17(20)12-6-8-13(9-7-12)18(21)22/h1-9,14,16-17,20H,10H2/t14-,16-,17+/m1/s1. The molecule has 0 bridgehead atoms. The van der Waals surface area contributed by atoms with E-state index in [0.717, 1.165) is 5.56 Å². The van der Waals surface area contributed by atoms with E-state index in [9.17, 15) is 20.0 Å². The summed E-state index contributed by atoms with van der Waals surface area (Å²) in [5, 5.41) is 21.1. The van der Waals surface area contributed by atoms with Crippen molar-refractivity contribution in [2.24, 2.45) is 5.92 Å². The van der Waals surface area contributed by atoms with Crippen molar-refractivity contribution < 1.29 is 14.8 Å². The SMILES string of the molecule is O=C1C[C@H](c2ccccc2)[C@H]1[C@@H](O)c1ccc([N+](=O)[O-])cc1. The molecule has 5 heteroatoms. The van der Waals surface area contributed by atoms with Crippen LogP contribution in [0.1, 0.15) is 29.6 Å². The summed E-state index contributed by atoms with van der Waals surface area (Å²) in [6.07, 6.45) is -0.508. The number of nitro benzene ring substituents is 1. The summed E-state index contributed by atoms with van der Waals surface area (Å²) >= 11 is 0. The Balaban J connectivity index is 1.82. The van der Waals surface area contributed by atoms with Crippen LogP contribution in [0.4, 0.5) is 5.69 Å². The minimum absolute atomic E-state index is 0.00103. The lowest BCUT2D eigenvalue weighted by Crippen LogP contribution is -2.39. The molecule has 0 spiro atoms. The largest absolute Gasteiger partial charge is 0.388 e. The van der Waals surface area contributed by atoms with Gasteiger partial charge in [0, 0.05) is 24.5 Å². The van der Waals surface area contributed by atoms with Crippen molar-refractivity contribution >= 4 is 11.5 Å².